The molecule has 2 rings (SSSR count). The topological polar surface area (TPSA) is 41.1 Å². The van der Waals surface area contributed by atoms with Crippen LogP contribution in [0.3, 0.4) is 0 Å². The lowest BCUT2D eigenvalue weighted by molar-refractivity contribution is 0.318. The third-order valence-corrected chi connectivity index (χ3v) is 3.83. The standard InChI is InChI=1S/C15H26N4/c1-3-8-16-9-14-10-18-15(11-17-14)19(4-2)12-13-6-5-7-13/h10-11,13,16H,3-9,12H2,1-2H3. The predicted octanol–water partition coefficient (Wildman–Crippen LogP) is 2.60. The highest BCUT2D eigenvalue weighted by Gasteiger charge is 2.20. The maximum absolute atomic E-state index is 4.56. The van der Waals surface area contributed by atoms with E-state index in [4.69, 9.17) is 0 Å². The van der Waals surface area contributed by atoms with Crippen LogP contribution in [-0.2, 0) is 6.54 Å². The van der Waals surface area contributed by atoms with Crippen LogP contribution in [0, 0.1) is 5.92 Å². The first-order valence-electron chi connectivity index (χ1n) is 7.60. The SMILES string of the molecule is CCCNCc1cnc(N(CC)CC2CCC2)cn1. The molecule has 0 atom stereocenters. The van der Waals surface area contributed by atoms with Crippen LogP contribution in [0.5, 0.6) is 0 Å². The minimum atomic E-state index is 0.815. The third-order valence-electron chi connectivity index (χ3n) is 3.83. The Bertz CT molecular complexity index is 359. The molecule has 4 heteroatoms. The Labute approximate surface area is 116 Å². The zero-order valence-corrected chi connectivity index (χ0v) is 12.2. The minimum absolute atomic E-state index is 0.815. The van der Waals surface area contributed by atoms with Crippen LogP contribution >= 0.6 is 0 Å². The number of rotatable bonds is 8. The molecular formula is C15H26N4. The Balaban J connectivity index is 1.87. The van der Waals surface area contributed by atoms with Gasteiger partial charge in [0, 0.05) is 19.6 Å². The molecule has 1 N–H and O–H groups in total. The lowest BCUT2D eigenvalue weighted by Crippen LogP contribution is -2.33. The Morgan fingerprint density at radius 1 is 1.26 bits per heavy atom. The van der Waals surface area contributed by atoms with E-state index in [0.717, 1.165) is 50.0 Å². The molecule has 106 valence electrons. The number of anilines is 1. The summed E-state index contributed by atoms with van der Waals surface area (Å²) in [5.74, 6) is 1.89. The maximum Gasteiger partial charge on any atom is 0.147 e. The van der Waals surface area contributed by atoms with Crippen molar-refractivity contribution in [2.24, 2.45) is 5.92 Å². The molecule has 0 radical (unpaired) electrons. The van der Waals surface area contributed by atoms with Crippen molar-refractivity contribution in [2.75, 3.05) is 24.5 Å². The summed E-state index contributed by atoms with van der Waals surface area (Å²) in [4.78, 5) is 11.4. The van der Waals surface area contributed by atoms with Crippen molar-refractivity contribution in [1.82, 2.24) is 15.3 Å². The highest BCUT2D eigenvalue weighted by atomic mass is 15.2. The van der Waals surface area contributed by atoms with Crippen molar-refractivity contribution in [1.29, 1.82) is 0 Å². The fraction of sp³-hybridized carbons (Fsp3) is 0.733. The van der Waals surface area contributed by atoms with E-state index in [1.807, 2.05) is 12.4 Å². The summed E-state index contributed by atoms with van der Waals surface area (Å²) >= 11 is 0. The fourth-order valence-electron chi connectivity index (χ4n) is 2.37. The van der Waals surface area contributed by atoms with Crippen molar-refractivity contribution in [2.45, 2.75) is 46.1 Å². The molecule has 1 aromatic rings. The van der Waals surface area contributed by atoms with E-state index in [1.165, 1.54) is 19.3 Å². The van der Waals surface area contributed by atoms with Crippen molar-refractivity contribution < 1.29 is 0 Å². The quantitative estimate of drug-likeness (QED) is 0.731. The predicted molar refractivity (Wildman–Crippen MR) is 79.3 cm³/mol. The summed E-state index contributed by atoms with van der Waals surface area (Å²) in [6.45, 7) is 8.36. The smallest absolute Gasteiger partial charge is 0.147 e. The van der Waals surface area contributed by atoms with Gasteiger partial charge in [-0.3, -0.25) is 4.98 Å². The summed E-state index contributed by atoms with van der Waals surface area (Å²) < 4.78 is 0. The normalized spacial score (nSPS) is 15.3. The molecule has 0 amide bonds. The Morgan fingerprint density at radius 2 is 2.11 bits per heavy atom. The second-order valence-corrected chi connectivity index (χ2v) is 5.38. The lowest BCUT2D eigenvalue weighted by atomic mass is 9.85. The highest BCUT2D eigenvalue weighted by molar-refractivity contribution is 5.35. The molecular weight excluding hydrogens is 236 g/mol. The second-order valence-electron chi connectivity index (χ2n) is 5.38. The zero-order valence-electron chi connectivity index (χ0n) is 12.2. The molecule has 1 aromatic heterocycles. The van der Waals surface area contributed by atoms with Crippen LogP contribution in [0.2, 0.25) is 0 Å². The van der Waals surface area contributed by atoms with Gasteiger partial charge >= 0.3 is 0 Å². The van der Waals surface area contributed by atoms with Crippen LogP contribution in [0.15, 0.2) is 12.4 Å². The monoisotopic (exact) mass is 262 g/mol. The highest BCUT2D eigenvalue weighted by Crippen LogP contribution is 2.28. The Morgan fingerprint density at radius 3 is 2.63 bits per heavy atom. The summed E-state index contributed by atoms with van der Waals surface area (Å²) in [6, 6.07) is 0. The molecule has 1 heterocycles. The number of hydrogen-bond acceptors (Lipinski definition) is 4. The molecule has 1 fully saturated rings. The van der Waals surface area contributed by atoms with Gasteiger partial charge in [-0.25, -0.2) is 4.98 Å². The first-order chi connectivity index (χ1) is 9.33. The van der Waals surface area contributed by atoms with Gasteiger partial charge in [0.2, 0.25) is 0 Å². The molecule has 0 spiro atoms. The summed E-state index contributed by atoms with van der Waals surface area (Å²) in [7, 11) is 0. The maximum atomic E-state index is 4.56. The van der Waals surface area contributed by atoms with Gasteiger partial charge in [0.1, 0.15) is 5.82 Å². The van der Waals surface area contributed by atoms with Gasteiger partial charge in [-0.1, -0.05) is 13.3 Å². The number of aromatic nitrogens is 2. The molecule has 0 aliphatic heterocycles. The molecule has 1 aliphatic rings. The van der Waals surface area contributed by atoms with Crippen molar-refractivity contribution in [3.05, 3.63) is 18.1 Å². The average molecular weight is 262 g/mol. The van der Waals surface area contributed by atoms with Crippen molar-refractivity contribution in [3.63, 3.8) is 0 Å². The molecule has 19 heavy (non-hydrogen) atoms. The van der Waals surface area contributed by atoms with Gasteiger partial charge in [-0.2, -0.15) is 0 Å². The summed E-state index contributed by atoms with van der Waals surface area (Å²) in [5, 5.41) is 3.35. The van der Waals surface area contributed by atoms with Gasteiger partial charge in [0.15, 0.2) is 0 Å². The fourth-order valence-corrected chi connectivity index (χ4v) is 2.37. The largest absolute Gasteiger partial charge is 0.355 e. The Hall–Kier alpha value is -1.16. The molecule has 0 unspecified atom stereocenters. The lowest BCUT2D eigenvalue weighted by Gasteiger charge is -2.32. The first-order valence-corrected chi connectivity index (χ1v) is 7.60. The number of nitrogens with zero attached hydrogens (tertiary/aromatic N) is 3. The van der Waals surface area contributed by atoms with E-state index in [9.17, 15) is 0 Å². The van der Waals surface area contributed by atoms with Crippen LogP contribution in [-0.4, -0.2) is 29.6 Å². The van der Waals surface area contributed by atoms with Gasteiger partial charge in [0.05, 0.1) is 18.1 Å². The van der Waals surface area contributed by atoms with E-state index in [0.29, 0.717) is 0 Å². The van der Waals surface area contributed by atoms with E-state index in [1.54, 1.807) is 0 Å². The van der Waals surface area contributed by atoms with E-state index in [-0.39, 0.29) is 0 Å². The number of hydrogen-bond donors (Lipinski definition) is 1. The molecule has 4 nitrogen and oxygen atoms in total. The summed E-state index contributed by atoms with van der Waals surface area (Å²) in [5.41, 5.74) is 1.02. The molecule has 0 saturated heterocycles. The minimum Gasteiger partial charge on any atom is -0.355 e. The van der Waals surface area contributed by atoms with Gasteiger partial charge in [-0.05, 0) is 38.6 Å². The third kappa shape index (κ3) is 4.16. The van der Waals surface area contributed by atoms with Crippen LogP contribution in [0.25, 0.3) is 0 Å². The molecule has 1 aliphatic carbocycles. The van der Waals surface area contributed by atoms with Crippen LogP contribution in [0.4, 0.5) is 5.82 Å². The first kappa shape index (κ1) is 14.3. The van der Waals surface area contributed by atoms with Crippen molar-refractivity contribution in [3.8, 4) is 0 Å². The van der Waals surface area contributed by atoms with Gasteiger partial charge < -0.3 is 10.2 Å². The summed E-state index contributed by atoms with van der Waals surface area (Å²) in [6.07, 6.45) is 9.13. The van der Waals surface area contributed by atoms with E-state index in [2.05, 4.69) is 34.0 Å². The van der Waals surface area contributed by atoms with Crippen molar-refractivity contribution >= 4 is 5.82 Å². The second kappa shape index (κ2) is 7.43. The van der Waals surface area contributed by atoms with Gasteiger partial charge in [0.25, 0.3) is 0 Å². The van der Waals surface area contributed by atoms with E-state index < -0.39 is 0 Å². The van der Waals surface area contributed by atoms with E-state index >= 15 is 0 Å². The molecule has 0 aromatic carbocycles. The Kier molecular flexibility index (Phi) is 5.58. The molecule has 1 saturated carbocycles. The van der Waals surface area contributed by atoms with Crippen LogP contribution in [0.1, 0.15) is 45.2 Å². The van der Waals surface area contributed by atoms with Gasteiger partial charge in [-0.15, -0.1) is 0 Å². The molecule has 0 bridgehead atoms. The zero-order chi connectivity index (χ0) is 13.5. The average Bonchev–Trinajstić information content (AvgIpc) is 2.39. The number of nitrogens with one attached hydrogen (secondary N) is 1. The van der Waals surface area contributed by atoms with Crippen LogP contribution < -0.4 is 10.2 Å².